The number of rotatable bonds is 0. The van der Waals surface area contributed by atoms with Crippen molar-refractivity contribution >= 4 is 45.2 Å². The number of hydrogen-bond donors (Lipinski definition) is 1. The van der Waals surface area contributed by atoms with Crippen molar-refractivity contribution in [3.8, 4) is 5.75 Å². The Morgan fingerprint density at radius 2 is 2.00 bits per heavy atom. The summed E-state index contributed by atoms with van der Waals surface area (Å²) in [5, 5.41) is 9.49. The Hall–Kier alpha value is 0.158. The van der Waals surface area contributed by atoms with Gasteiger partial charge in [-0.25, -0.2) is 0 Å². The van der Waals surface area contributed by atoms with Gasteiger partial charge in [-0.3, -0.25) is 0 Å². The molecule has 0 saturated carbocycles. The molecular weight excluding hydrogens is 234 g/mol. The number of halogens is 2. The van der Waals surface area contributed by atoms with Crippen LogP contribution in [0.2, 0.25) is 5.02 Å². The van der Waals surface area contributed by atoms with Crippen LogP contribution in [0.25, 0.3) is 0 Å². The van der Waals surface area contributed by atoms with Crippen molar-refractivity contribution in [1.82, 2.24) is 0 Å². The molecule has 0 amide bonds. The second-order valence-electron chi connectivity index (χ2n) is 1.71. The molecule has 1 N–H and O–H groups in total. The normalized spacial score (nSPS) is 8.60. The Labute approximate surface area is 79.3 Å². The van der Waals surface area contributed by atoms with E-state index in [-0.39, 0.29) is 18.2 Å². The van der Waals surface area contributed by atoms with E-state index in [1.807, 2.05) is 0 Å². The van der Waals surface area contributed by atoms with Gasteiger partial charge < -0.3 is 0 Å². The van der Waals surface area contributed by atoms with Crippen molar-refractivity contribution in [2.75, 3.05) is 0 Å². The van der Waals surface area contributed by atoms with Crippen LogP contribution in [0, 0.1) is 0 Å². The van der Waals surface area contributed by atoms with E-state index in [2.05, 4.69) is 0 Å². The van der Waals surface area contributed by atoms with Gasteiger partial charge in [-0.15, -0.1) is 12.4 Å². The van der Waals surface area contributed by atoms with Crippen LogP contribution >= 0.6 is 24.0 Å². The van der Waals surface area contributed by atoms with Gasteiger partial charge in [0, 0.05) is 0 Å². The summed E-state index contributed by atoms with van der Waals surface area (Å²) in [4.78, 5) is 0. The molecule has 0 fully saturated rings. The summed E-state index contributed by atoms with van der Waals surface area (Å²) in [5.41, 5.74) is 0. The van der Waals surface area contributed by atoms with Gasteiger partial charge in [0.2, 0.25) is 0 Å². The van der Waals surface area contributed by atoms with Crippen LogP contribution in [-0.2, 0) is 0 Å². The minimum atomic E-state index is 0. The summed E-state index contributed by atoms with van der Waals surface area (Å²) >= 11 is 7.13. The standard InChI is InChI=1S/C6H6AsClO.ClH/c7-5-2-1-4(9)3-6(5)8;/h1-3,9H,7H2;1H. The minimum absolute atomic E-state index is 0. The summed E-state index contributed by atoms with van der Waals surface area (Å²) in [5.74, 6) is 0.224. The molecule has 0 aliphatic rings. The number of benzene rings is 1. The van der Waals surface area contributed by atoms with Crippen molar-refractivity contribution < 1.29 is 5.11 Å². The van der Waals surface area contributed by atoms with Gasteiger partial charge in [0.05, 0.1) is 0 Å². The number of hydrogen-bond acceptors (Lipinski definition) is 1. The van der Waals surface area contributed by atoms with E-state index in [0.717, 1.165) is 4.35 Å². The number of phenolic OH excluding ortho intramolecular Hbond substituents is 1. The molecule has 1 rings (SSSR count). The molecule has 0 aliphatic heterocycles. The molecule has 0 aliphatic carbocycles. The van der Waals surface area contributed by atoms with Gasteiger partial charge >= 0.3 is 66.9 Å². The van der Waals surface area contributed by atoms with Crippen molar-refractivity contribution in [1.29, 1.82) is 0 Å². The van der Waals surface area contributed by atoms with Crippen LogP contribution in [0.15, 0.2) is 18.2 Å². The quantitative estimate of drug-likeness (QED) is 0.663. The first kappa shape index (κ1) is 10.2. The first-order chi connectivity index (χ1) is 4.20. The van der Waals surface area contributed by atoms with Gasteiger partial charge in [-0.1, -0.05) is 0 Å². The van der Waals surface area contributed by atoms with Crippen LogP contribution in [0.3, 0.4) is 0 Å². The van der Waals surface area contributed by atoms with Crippen LogP contribution in [0.1, 0.15) is 0 Å². The molecule has 0 saturated heterocycles. The van der Waals surface area contributed by atoms with Gasteiger partial charge in [0.15, 0.2) is 0 Å². The second kappa shape index (κ2) is 4.12. The average Bonchev–Trinajstić information content (AvgIpc) is 1.80. The van der Waals surface area contributed by atoms with Crippen LogP contribution in [-0.4, -0.2) is 22.0 Å². The van der Waals surface area contributed by atoms with E-state index in [9.17, 15) is 0 Å². The van der Waals surface area contributed by atoms with E-state index in [0.29, 0.717) is 5.02 Å². The van der Waals surface area contributed by atoms with E-state index in [1.54, 1.807) is 18.2 Å². The first-order valence-corrected chi connectivity index (χ1v) is 4.03. The zero-order valence-corrected chi connectivity index (χ0v) is 9.04. The summed E-state index contributed by atoms with van der Waals surface area (Å²) < 4.78 is 1.04. The number of phenols is 1. The predicted octanol–water partition coefficient (Wildman–Crippen LogP) is 0.726. The maximum atomic E-state index is 8.86. The Bertz CT molecular complexity index is 227. The van der Waals surface area contributed by atoms with Crippen LogP contribution in [0.5, 0.6) is 5.75 Å². The monoisotopic (exact) mass is 240 g/mol. The Morgan fingerprint density at radius 3 is 2.40 bits per heavy atom. The predicted molar refractivity (Wildman–Crippen MR) is 48.5 cm³/mol. The third-order valence-electron chi connectivity index (χ3n) is 0.984. The molecule has 1 aromatic rings. The van der Waals surface area contributed by atoms with Gasteiger partial charge in [-0.2, -0.15) is 0 Å². The first-order valence-electron chi connectivity index (χ1n) is 2.44. The third-order valence-corrected chi connectivity index (χ3v) is 2.75. The summed E-state index contributed by atoms with van der Waals surface area (Å²) in [6, 6.07) is 4.97. The Kier molecular flexibility index (Phi) is 4.19. The summed E-state index contributed by atoms with van der Waals surface area (Å²) in [6.45, 7) is 0. The molecular formula is C6H7AsCl2O. The average molecular weight is 241 g/mol. The molecule has 1 unspecified atom stereocenters. The molecule has 0 aromatic heterocycles. The summed E-state index contributed by atoms with van der Waals surface area (Å²) in [7, 11) is 0. The van der Waals surface area contributed by atoms with Gasteiger partial charge in [0.25, 0.3) is 0 Å². The third kappa shape index (κ3) is 2.41. The molecule has 1 nitrogen and oxygen atoms in total. The Balaban J connectivity index is 0.000000810. The summed E-state index contributed by atoms with van der Waals surface area (Å²) in [6.07, 6.45) is 0. The maximum absolute atomic E-state index is 8.86. The molecule has 0 spiro atoms. The van der Waals surface area contributed by atoms with Gasteiger partial charge in [0.1, 0.15) is 0 Å². The van der Waals surface area contributed by atoms with Crippen LogP contribution in [0.4, 0.5) is 0 Å². The van der Waals surface area contributed by atoms with E-state index in [1.165, 1.54) is 16.9 Å². The molecule has 10 heavy (non-hydrogen) atoms. The molecule has 0 heterocycles. The number of aromatic hydroxyl groups is 1. The molecule has 1 atom stereocenters. The Morgan fingerprint density at radius 1 is 1.40 bits per heavy atom. The molecule has 56 valence electrons. The SMILES string of the molecule is Cl.Oc1ccc([AsH2])c(Cl)c1. The van der Waals surface area contributed by atoms with E-state index < -0.39 is 0 Å². The fraction of sp³-hybridized carbons (Fsp3) is 0. The fourth-order valence-corrected chi connectivity index (χ4v) is 1.07. The van der Waals surface area contributed by atoms with Gasteiger partial charge in [-0.05, 0) is 0 Å². The van der Waals surface area contributed by atoms with E-state index in [4.69, 9.17) is 16.7 Å². The van der Waals surface area contributed by atoms with Crippen molar-refractivity contribution in [2.45, 2.75) is 0 Å². The molecule has 0 bridgehead atoms. The molecule has 0 radical (unpaired) electrons. The fourth-order valence-electron chi connectivity index (χ4n) is 0.516. The second-order valence-corrected chi connectivity index (χ2v) is 3.42. The van der Waals surface area contributed by atoms with E-state index >= 15 is 0 Å². The molecule has 4 heteroatoms. The zero-order chi connectivity index (χ0) is 6.85. The van der Waals surface area contributed by atoms with Crippen molar-refractivity contribution in [3.63, 3.8) is 0 Å². The van der Waals surface area contributed by atoms with Crippen LogP contribution < -0.4 is 4.35 Å². The molecule has 1 aromatic carbocycles. The van der Waals surface area contributed by atoms with Crippen molar-refractivity contribution in [3.05, 3.63) is 23.2 Å². The zero-order valence-electron chi connectivity index (χ0n) is 5.04. The topological polar surface area (TPSA) is 20.2 Å². The van der Waals surface area contributed by atoms with Crippen molar-refractivity contribution in [2.24, 2.45) is 0 Å².